The molecule has 1 fully saturated rings. The average molecular weight is 265 g/mol. The molecule has 1 aliphatic carbocycles. The van der Waals surface area contributed by atoms with Crippen molar-refractivity contribution >= 4 is 11.8 Å². The molecular weight excluding hydrogens is 242 g/mol. The lowest BCUT2D eigenvalue weighted by Gasteiger charge is -2.34. The van der Waals surface area contributed by atoms with Crippen molar-refractivity contribution in [1.29, 1.82) is 5.26 Å². The van der Waals surface area contributed by atoms with Gasteiger partial charge in [0.25, 0.3) is 0 Å². The van der Waals surface area contributed by atoms with Gasteiger partial charge in [-0.05, 0) is 19.3 Å². The van der Waals surface area contributed by atoms with Crippen LogP contribution >= 0.6 is 0 Å². The van der Waals surface area contributed by atoms with Crippen molar-refractivity contribution < 1.29 is 9.59 Å². The highest BCUT2D eigenvalue weighted by atomic mass is 16.2. The Balaban J connectivity index is 2.83. The molecule has 0 aliphatic heterocycles. The zero-order valence-electron chi connectivity index (χ0n) is 11.7. The topological polar surface area (TPSA) is 87.2 Å². The van der Waals surface area contributed by atoms with Crippen molar-refractivity contribution in [2.24, 2.45) is 11.1 Å². The molecule has 1 aliphatic rings. The van der Waals surface area contributed by atoms with Gasteiger partial charge in [-0.15, -0.1) is 0 Å². The third-order valence-electron chi connectivity index (χ3n) is 3.75. The van der Waals surface area contributed by atoms with Gasteiger partial charge < -0.3 is 10.6 Å². The number of hydrogen-bond acceptors (Lipinski definition) is 3. The fraction of sp³-hybridized carbons (Fsp3) is 0.786. The van der Waals surface area contributed by atoms with Gasteiger partial charge in [0.15, 0.2) is 0 Å². The maximum Gasteiger partial charge on any atom is 0.243 e. The molecule has 1 saturated carbocycles. The second kappa shape index (κ2) is 7.13. The highest BCUT2D eigenvalue weighted by molar-refractivity contribution is 5.89. The summed E-state index contributed by atoms with van der Waals surface area (Å²) in [4.78, 5) is 25.2. The first-order valence-corrected chi connectivity index (χ1v) is 7.04. The lowest BCUT2D eigenvalue weighted by atomic mass is 9.74. The smallest absolute Gasteiger partial charge is 0.243 e. The monoisotopic (exact) mass is 265 g/mol. The van der Waals surface area contributed by atoms with E-state index in [0.29, 0.717) is 19.4 Å². The van der Waals surface area contributed by atoms with Gasteiger partial charge >= 0.3 is 0 Å². The van der Waals surface area contributed by atoms with Gasteiger partial charge in [0.05, 0.1) is 12.6 Å². The first-order valence-electron chi connectivity index (χ1n) is 7.04. The Bertz CT molecular complexity index is 367. The van der Waals surface area contributed by atoms with E-state index in [0.717, 1.165) is 32.1 Å². The second-order valence-corrected chi connectivity index (χ2v) is 5.30. The molecule has 0 aromatic heterocycles. The third-order valence-corrected chi connectivity index (χ3v) is 3.75. The summed E-state index contributed by atoms with van der Waals surface area (Å²) in [5.41, 5.74) is 4.27. The molecule has 0 saturated heterocycles. The highest BCUT2D eigenvalue weighted by Gasteiger charge is 2.42. The number of primary amides is 1. The molecule has 0 heterocycles. The van der Waals surface area contributed by atoms with Crippen LogP contribution in [0.2, 0.25) is 0 Å². The first-order chi connectivity index (χ1) is 9.05. The molecule has 0 unspecified atom stereocenters. The van der Waals surface area contributed by atoms with Crippen LogP contribution in [-0.2, 0) is 9.59 Å². The molecule has 2 N–H and O–H groups in total. The molecule has 2 amide bonds. The number of amides is 2. The van der Waals surface area contributed by atoms with E-state index in [1.54, 1.807) is 0 Å². The van der Waals surface area contributed by atoms with Crippen LogP contribution in [0, 0.1) is 16.7 Å². The van der Waals surface area contributed by atoms with Crippen LogP contribution in [0.4, 0.5) is 0 Å². The molecule has 0 radical (unpaired) electrons. The lowest BCUT2D eigenvalue weighted by molar-refractivity contribution is -0.143. The van der Waals surface area contributed by atoms with Crippen molar-refractivity contribution in [2.75, 3.05) is 13.1 Å². The molecule has 1 rings (SSSR count). The lowest BCUT2D eigenvalue weighted by Crippen LogP contribution is -2.47. The van der Waals surface area contributed by atoms with Crippen molar-refractivity contribution in [3.8, 4) is 6.07 Å². The van der Waals surface area contributed by atoms with E-state index < -0.39 is 11.3 Å². The zero-order valence-corrected chi connectivity index (χ0v) is 11.7. The number of hydrogen-bond donors (Lipinski definition) is 1. The predicted octanol–water partition coefficient (Wildman–Crippen LogP) is 1.57. The maximum atomic E-state index is 12.6. The average Bonchev–Trinajstić information content (AvgIpc) is 2.43. The van der Waals surface area contributed by atoms with E-state index in [2.05, 4.69) is 6.07 Å². The molecule has 0 aromatic carbocycles. The summed E-state index contributed by atoms with van der Waals surface area (Å²) in [6.45, 7) is 2.44. The molecule has 0 atom stereocenters. The van der Waals surface area contributed by atoms with E-state index >= 15 is 0 Å². The van der Waals surface area contributed by atoms with E-state index in [9.17, 15) is 14.9 Å². The molecule has 5 nitrogen and oxygen atoms in total. The Hall–Kier alpha value is -1.57. The minimum atomic E-state index is -0.929. The normalized spacial score (nSPS) is 17.5. The third kappa shape index (κ3) is 3.95. The standard InChI is InChI=1S/C14H23N3O2/c1-2-3-9-17(10-12(16)18)13(19)14(11-15)7-5-4-6-8-14/h2-10H2,1H3,(H2,16,18). The maximum absolute atomic E-state index is 12.6. The van der Waals surface area contributed by atoms with E-state index in [1.165, 1.54) is 4.90 Å². The van der Waals surface area contributed by atoms with Gasteiger partial charge in [0.2, 0.25) is 11.8 Å². The Morgan fingerprint density at radius 2 is 1.95 bits per heavy atom. The Kier molecular flexibility index (Phi) is 5.81. The number of carbonyl (C=O) groups excluding carboxylic acids is 2. The number of nitrogens with zero attached hydrogens (tertiary/aromatic N) is 2. The minimum Gasteiger partial charge on any atom is -0.368 e. The Morgan fingerprint density at radius 1 is 1.32 bits per heavy atom. The van der Waals surface area contributed by atoms with Gasteiger partial charge in [-0.1, -0.05) is 32.6 Å². The van der Waals surface area contributed by atoms with Gasteiger partial charge in [-0.2, -0.15) is 5.26 Å². The summed E-state index contributed by atoms with van der Waals surface area (Å²) < 4.78 is 0. The van der Waals surface area contributed by atoms with Gasteiger partial charge in [0, 0.05) is 6.54 Å². The summed E-state index contributed by atoms with van der Waals surface area (Å²) in [5, 5.41) is 9.41. The van der Waals surface area contributed by atoms with E-state index in [-0.39, 0.29) is 12.5 Å². The molecule has 19 heavy (non-hydrogen) atoms. The van der Waals surface area contributed by atoms with Gasteiger partial charge in [-0.3, -0.25) is 9.59 Å². The van der Waals surface area contributed by atoms with Crippen LogP contribution < -0.4 is 5.73 Å². The summed E-state index contributed by atoms with van der Waals surface area (Å²) in [7, 11) is 0. The minimum absolute atomic E-state index is 0.0811. The van der Waals surface area contributed by atoms with Crippen LogP contribution in [0.25, 0.3) is 0 Å². The highest BCUT2D eigenvalue weighted by Crippen LogP contribution is 2.37. The second-order valence-electron chi connectivity index (χ2n) is 5.30. The summed E-state index contributed by atoms with van der Waals surface area (Å²) >= 11 is 0. The van der Waals surface area contributed by atoms with Crippen LogP contribution in [0.15, 0.2) is 0 Å². The number of unbranched alkanes of at least 4 members (excludes halogenated alkanes) is 1. The SMILES string of the molecule is CCCCN(CC(N)=O)C(=O)C1(C#N)CCCCC1. The predicted molar refractivity (Wildman–Crippen MR) is 71.8 cm³/mol. The molecule has 0 aromatic rings. The Labute approximate surface area is 114 Å². The molecular formula is C14H23N3O2. The number of rotatable bonds is 6. The zero-order chi connectivity index (χ0) is 14.3. The summed E-state index contributed by atoms with van der Waals surface area (Å²) in [6, 6.07) is 2.20. The van der Waals surface area contributed by atoms with Crippen LogP contribution in [0.5, 0.6) is 0 Å². The summed E-state index contributed by atoms with van der Waals surface area (Å²) in [6.07, 6.45) is 5.83. The molecule has 0 spiro atoms. The Morgan fingerprint density at radius 3 is 2.42 bits per heavy atom. The van der Waals surface area contributed by atoms with Crippen LogP contribution in [0.3, 0.4) is 0 Å². The van der Waals surface area contributed by atoms with E-state index in [1.807, 2.05) is 6.92 Å². The molecule has 0 bridgehead atoms. The van der Waals surface area contributed by atoms with Crippen molar-refractivity contribution in [1.82, 2.24) is 4.90 Å². The largest absolute Gasteiger partial charge is 0.368 e. The van der Waals surface area contributed by atoms with Crippen LogP contribution in [0.1, 0.15) is 51.9 Å². The fourth-order valence-electron chi connectivity index (χ4n) is 2.62. The quantitative estimate of drug-likeness (QED) is 0.790. The first kappa shape index (κ1) is 15.5. The molecule has 5 heteroatoms. The fourth-order valence-corrected chi connectivity index (χ4v) is 2.62. The number of carbonyl (C=O) groups is 2. The molecule has 106 valence electrons. The number of nitrogens with two attached hydrogens (primary N) is 1. The van der Waals surface area contributed by atoms with Crippen molar-refractivity contribution in [3.05, 3.63) is 0 Å². The van der Waals surface area contributed by atoms with Crippen molar-refractivity contribution in [2.45, 2.75) is 51.9 Å². The van der Waals surface area contributed by atoms with Crippen molar-refractivity contribution in [3.63, 3.8) is 0 Å². The van der Waals surface area contributed by atoms with Gasteiger partial charge in [-0.25, -0.2) is 0 Å². The summed E-state index contributed by atoms with van der Waals surface area (Å²) in [5.74, 6) is -0.727. The van der Waals surface area contributed by atoms with Crippen LogP contribution in [-0.4, -0.2) is 29.8 Å². The van der Waals surface area contributed by atoms with E-state index in [4.69, 9.17) is 5.73 Å². The van der Waals surface area contributed by atoms with Gasteiger partial charge in [0.1, 0.15) is 5.41 Å². The number of nitriles is 1.